The Hall–Kier alpha value is -1.06. The number of halogens is 1. The van der Waals surface area contributed by atoms with Gasteiger partial charge in [-0.3, -0.25) is 4.79 Å². The van der Waals surface area contributed by atoms with Crippen molar-refractivity contribution in [2.45, 2.75) is 12.5 Å². The van der Waals surface area contributed by atoms with Crippen LogP contribution in [0.1, 0.15) is 5.56 Å². The van der Waals surface area contributed by atoms with E-state index in [1.165, 1.54) is 7.11 Å². The molecule has 0 radical (unpaired) electrons. The first kappa shape index (κ1) is 11.0. The summed E-state index contributed by atoms with van der Waals surface area (Å²) in [4.78, 5) is 10.9. The maximum absolute atomic E-state index is 10.9. The molecule has 0 saturated heterocycles. The Morgan fingerprint density at radius 2 is 2.36 bits per heavy atom. The maximum Gasteiger partial charge on any atom is 0.246 e. The van der Waals surface area contributed by atoms with Crippen LogP contribution in [0.5, 0.6) is 0 Å². The number of benzene rings is 1. The van der Waals surface area contributed by atoms with Crippen LogP contribution in [0, 0.1) is 0 Å². The van der Waals surface area contributed by atoms with Crippen LogP contribution in [0.15, 0.2) is 24.3 Å². The number of methoxy groups -OCH3 is 1. The molecule has 0 bridgehead atoms. The molecule has 1 rings (SSSR count). The molecule has 1 atom stereocenters. The fraction of sp³-hybridized carbons (Fsp3) is 0.300. The number of hydrogen-bond acceptors (Lipinski definition) is 2. The molecule has 14 heavy (non-hydrogen) atoms. The van der Waals surface area contributed by atoms with Crippen molar-refractivity contribution in [3.05, 3.63) is 34.9 Å². The number of carbonyl (C=O) groups excluding carboxylic acids is 1. The lowest BCUT2D eigenvalue weighted by Crippen LogP contribution is -2.32. The number of amides is 1. The number of primary amides is 1. The smallest absolute Gasteiger partial charge is 0.246 e. The average molecular weight is 214 g/mol. The molecule has 1 aromatic carbocycles. The van der Waals surface area contributed by atoms with Gasteiger partial charge in [0.15, 0.2) is 0 Å². The zero-order chi connectivity index (χ0) is 10.6. The molecule has 4 heteroatoms. The number of rotatable bonds is 4. The molecule has 76 valence electrons. The predicted molar refractivity (Wildman–Crippen MR) is 55.1 cm³/mol. The molecular formula is C10H12ClNO2. The van der Waals surface area contributed by atoms with Crippen LogP contribution in [0.4, 0.5) is 0 Å². The van der Waals surface area contributed by atoms with Gasteiger partial charge in [0.05, 0.1) is 0 Å². The van der Waals surface area contributed by atoms with Crippen LogP contribution < -0.4 is 5.73 Å². The highest BCUT2D eigenvalue weighted by Crippen LogP contribution is 2.12. The van der Waals surface area contributed by atoms with E-state index in [1.54, 1.807) is 12.1 Å². The third-order valence-electron chi connectivity index (χ3n) is 1.91. The molecule has 2 N–H and O–H groups in total. The van der Waals surface area contributed by atoms with Crippen LogP contribution in [0.3, 0.4) is 0 Å². The summed E-state index contributed by atoms with van der Waals surface area (Å²) in [6.45, 7) is 0. The van der Waals surface area contributed by atoms with Crippen LogP contribution >= 0.6 is 11.6 Å². The minimum Gasteiger partial charge on any atom is -0.371 e. The van der Waals surface area contributed by atoms with Gasteiger partial charge in [0, 0.05) is 18.6 Å². The van der Waals surface area contributed by atoms with Crippen LogP contribution in [0.25, 0.3) is 0 Å². The van der Waals surface area contributed by atoms with E-state index in [2.05, 4.69) is 0 Å². The lowest BCUT2D eigenvalue weighted by molar-refractivity contribution is -0.127. The molecule has 0 aliphatic carbocycles. The second kappa shape index (κ2) is 4.98. The normalized spacial score (nSPS) is 12.4. The largest absolute Gasteiger partial charge is 0.371 e. The van der Waals surface area contributed by atoms with E-state index in [4.69, 9.17) is 22.1 Å². The number of nitrogens with two attached hydrogens (primary N) is 1. The van der Waals surface area contributed by atoms with Crippen molar-refractivity contribution in [2.24, 2.45) is 5.73 Å². The summed E-state index contributed by atoms with van der Waals surface area (Å²) < 4.78 is 4.94. The zero-order valence-corrected chi connectivity index (χ0v) is 8.62. The van der Waals surface area contributed by atoms with Gasteiger partial charge >= 0.3 is 0 Å². The summed E-state index contributed by atoms with van der Waals surface area (Å²) in [5.41, 5.74) is 6.07. The third-order valence-corrected chi connectivity index (χ3v) is 2.15. The first-order valence-electron chi connectivity index (χ1n) is 4.20. The Kier molecular flexibility index (Phi) is 3.92. The van der Waals surface area contributed by atoms with Crippen molar-refractivity contribution in [2.75, 3.05) is 7.11 Å². The van der Waals surface area contributed by atoms with Crippen molar-refractivity contribution >= 4 is 17.5 Å². The Bertz CT molecular complexity index is 328. The van der Waals surface area contributed by atoms with E-state index in [0.29, 0.717) is 11.4 Å². The summed E-state index contributed by atoms with van der Waals surface area (Å²) in [7, 11) is 1.46. The highest BCUT2D eigenvalue weighted by Gasteiger charge is 2.14. The van der Waals surface area contributed by atoms with E-state index in [-0.39, 0.29) is 0 Å². The zero-order valence-electron chi connectivity index (χ0n) is 7.87. The summed E-state index contributed by atoms with van der Waals surface area (Å²) in [6, 6.07) is 7.26. The Morgan fingerprint density at radius 3 is 2.86 bits per heavy atom. The van der Waals surface area contributed by atoms with Gasteiger partial charge in [-0.15, -0.1) is 0 Å². The van der Waals surface area contributed by atoms with Crippen molar-refractivity contribution in [3.63, 3.8) is 0 Å². The first-order chi connectivity index (χ1) is 6.63. The minimum absolute atomic E-state index is 0.451. The van der Waals surface area contributed by atoms with E-state index >= 15 is 0 Å². The molecule has 0 saturated carbocycles. The second-order valence-corrected chi connectivity index (χ2v) is 3.40. The summed E-state index contributed by atoms with van der Waals surface area (Å²) >= 11 is 5.79. The molecule has 0 spiro atoms. The molecule has 0 heterocycles. The van der Waals surface area contributed by atoms with Gasteiger partial charge in [-0.25, -0.2) is 0 Å². The van der Waals surface area contributed by atoms with Gasteiger partial charge in [-0.05, 0) is 17.7 Å². The molecular weight excluding hydrogens is 202 g/mol. The third kappa shape index (κ3) is 3.01. The maximum atomic E-state index is 10.9. The fourth-order valence-electron chi connectivity index (χ4n) is 1.18. The molecule has 1 amide bonds. The summed E-state index contributed by atoms with van der Waals surface area (Å²) in [5, 5.41) is 0.641. The van der Waals surface area contributed by atoms with Crippen LogP contribution in [-0.2, 0) is 16.0 Å². The quantitative estimate of drug-likeness (QED) is 0.822. The van der Waals surface area contributed by atoms with Crippen LogP contribution in [0.2, 0.25) is 5.02 Å². The van der Waals surface area contributed by atoms with E-state index in [1.807, 2.05) is 12.1 Å². The van der Waals surface area contributed by atoms with Crippen molar-refractivity contribution < 1.29 is 9.53 Å². The van der Waals surface area contributed by atoms with E-state index < -0.39 is 12.0 Å². The molecule has 0 aliphatic heterocycles. The second-order valence-electron chi connectivity index (χ2n) is 2.96. The monoisotopic (exact) mass is 213 g/mol. The Balaban J connectivity index is 2.72. The van der Waals surface area contributed by atoms with Crippen molar-refractivity contribution in [1.29, 1.82) is 0 Å². The van der Waals surface area contributed by atoms with Gasteiger partial charge < -0.3 is 10.5 Å². The van der Waals surface area contributed by atoms with Crippen molar-refractivity contribution in [3.8, 4) is 0 Å². The summed E-state index contributed by atoms with van der Waals surface area (Å²) in [6.07, 6.45) is -0.139. The highest BCUT2D eigenvalue weighted by atomic mass is 35.5. The molecule has 0 aliphatic rings. The lowest BCUT2D eigenvalue weighted by Gasteiger charge is -2.11. The van der Waals surface area contributed by atoms with Gasteiger partial charge in [0.25, 0.3) is 0 Å². The van der Waals surface area contributed by atoms with E-state index in [0.717, 1.165) is 5.56 Å². The highest BCUT2D eigenvalue weighted by molar-refractivity contribution is 6.30. The van der Waals surface area contributed by atoms with Crippen molar-refractivity contribution in [1.82, 2.24) is 0 Å². The first-order valence-corrected chi connectivity index (χ1v) is 4.58. The SMILES string of the molecule is COC(Cc1cccc(Cl)c1)C(N)=O. The van der Waals surface area contributed by atoms with Crippen LogP contribution in [-0.4, -0.2) is 19.1 Å². The minimum atomic E-state index is -0.589. The predicted octanol–water partition coefficient (Wildman–Crippen LogP) is 1.38. The van der Waals surface area contributed by atoms with Gasteiger partial charge in [-0.2, -0.15) is 0 Å². The number of carbonyl (C=O) groups is 1. The standard InChI is InChI=1S/C10H12ClNO2/c1-14-9(10(12)13)6-7-3-2-4-8(11)5-7/h2-5,9H,6H2,1H3,(H2,12,13). The lowest BCUT2D eigenvalue weighted by atomic mass is 10.1. The van der Waals surface area contributed by atoms with Gasteiger partial charge in [-0.1, -0.05) is 23.7 Å². The number of hydrogen-bond donors (Lipinski definition) is 1. The number of ether oxygens (including phenoxy) is 1. The molecule has 0 aromatic heterocycles. The molecule has 3 nitrogen and oxygen atoms in total. The van der Waals surface area contributed by atoms with Gasteiger partial charge in [0.1, 0.15) is 6.10 Å². The Morgan fingerprint density at radius 1 is 1.64 bits per heavy atom. The summed E-state index contributed by atoms with van der Waals surface area (Å²) in [5.74, 6) is -0.465. The Labute approximate surface area is 87.8 Å². The molecule has 0 fully saturated rings. The molecule has 1 aromatic rings. The topological polar surface area (TPSA) is 52.3 Å². The fourth-order valence-corrected chi connectivity index (χ4v) is 1.39. The van der Waals surface area contributed by atoms with Gasteiger partial charge in [0.2, 0.25) is 5.91 Å². The average Bonchev–Trinajstić information content (AvgIpc) is 2.14. The van der Waals surface area contributed by atoms with E-state index in [9.17, 15) is 4.79 Å². The molecule has 1 unspecified atom stereocenters.